The zero-order valence-electron chi connectivity index (χ0n) is 16.6. The lowest BCUT2D eigenvalue weighted by atomic mass is 10.0. The Bertz CT molecular complexity index is 1080. The number of carbonyl (C=O) groups excluding carboxylic acids is 2. The quantitative estimate of drug-likeness (QED) is 0.321. The van der Waals surface area contributed by atoms with E-state index in [0.29, 0.717) is 17.0 Å². The van der Waals surface area contributed by atoms with Crippen LogP contribution in [-0.2, 0) is 16.0 Å². The Kier molecular flexibility index (Phi) is 5.48. The van der Waals surface area contributed by atoms with Crippen LogP contribution < -0.4 is 31.6 Å². The molecule has 1 unspecified atom stereocenters. The molecule has 2 amide bonds. The van der Waals surface area contributed by atoms with Gasteiger partial charge in [-0.3, -0.25) is 24.7 Å². The van der Waals surface area contributed by atoms with E-state index in [9.17, 15) is 24.6 Å². The zero-order valence-corrected chi connectivity index (χ0v) is 16.6. The fourth-order valence-electron chi connectivity index (χ4n) is 3.38. The Morgan fingerprint density at radius 1 is 1.35 bits per heavy atom. The lowest BCUT2D eigenvalue weighted by Crippen LogP contribution is -2.48. The summed E-state index contributed by atoms with van der Waals surface area (Å²) in [5.74, 6) is 0.0301. The second kappa shape index (κ2) is 8.24. The van der Waals surface area contributed by atoms with Crippen molar-refractivity contribution < 1.29 is 24.5 Å². The van der Waals surface area contributed by atoms with Gasteiger partial charge < -0.3 is 30.9 Å². The molecule has 3 heterocycles. The third kappa shape index (κ3) is 4.44. The minimum Gasteiger partial charge on any atom is -0.482 e. The van der Waals surface area contributed by atoms with Crippen LogP contribution in [0.1, 0.15) is 12.5 Å². The van der Waals surface area contributed by atoms with Gasteiger partial charge in [0.15, 0.2) is 12.4 Å². The fourth-order valence-corrected chi connectivity index (χ4v) is 3.38. The molecule has 164 valence electrons. The molecular weight excluding hydrogens is 408 g/mol. The minimum atomic E-state index is -1.08. The van der Waals surface area contributed by atoms with Crippen LogP contribution in [0.2, 0.25) is 0 Å². The van der Waals surface area contributed by atoms with Crippen LogP contribution in [0.5, 0.6) is 5.75 Å². The second-order valence-corrected chi connectivity index (χ2v) is 7.39. The molecule has 1 aromatic heterocycles. The number of hydrogen-bond donors (Lipinski definition) is 7. The van der Waals surface area contributed by atoms with Gasteiger partial charge >= 0.3 is 0 Å². The standard InChI is InChI=1S/C19H22N6O6/c1-8(26)16(29)11-6-20-17-15(22-11)18(30)25-19(24-17)23-13(27)5-9-2-3-12-10(4-9)21-14(28)7-31-12/h2-4,8,11,16,22,26,29H,5-7H2,1H3,(H,21,28)(H3,20,23,24,25,27,30)/t8-,11?,16-/m1/s1. The molecule has 0 saturated carbocycles. The summed E-state index contributed by atoms with van der Waals surface area (Å²) in [5, 5.41) is 30.5. The van der Waals surface area contributed by atoms with Gasteiger partial charge in [0.25, 0.3) is 11.5 Å². The molecule has 0 fully saturated rings. The van der Waals surface area contributed by atoms with Gasteiger partial charge in [0.05, 0.1) is 24.3 Å². The molecule has 3 atom stereocenters. The first-order chi connectivity index (χ1) is 14.8. The van der Waals surface area contributed by atoms with E-state index in [1.807, 2.05) is 0 Å². The number of anilines is 4. The van der Waals surface area contributed by atoms with E-state index in [-0.39, 0.29) is 42.9 Å². The highest BCUT2D eigenvalue weighted by Gasteiger charge is 2.29. The molecule has 0 radical (unpaired) electrons. The minimum absolute atomic E-state index is 0.0156. The Morgan fingerprint density at radius 2 is 2.16 bits per heavy atom. The van der Waals surface area contributed by atoms with Gasteiger partial charge in [0.1, 0.15) is 17.5 Å². The summed E-state index contributed by atoms with van der Waals surface area (Å²) >= 11 is 0. The van der Waals surface area contributed by atoms with Crippen LogP contribution in [0.25, 0.3) is 0 Å². The van der Waals surface area contributed by atoms with Crippen LogP contribution in [0.4, 0.5) is 23.1 Å². The SMILES string of the molecule is C[C@@H](O)[C@@H](O)C1CNc2nc(NC(=O)Cc3ccc4c(c3)NC(=O)CO4)[nH]c(=O)c2N1. The van der Waals surface area contributed by atoms with E-state index in [2.05, 4.69) is 31.2 Å². The van der Waals surface area contributed by atoms with E-state index in [1.54, 1.807) is 18.2 Å². The van der Waals surface area contributed by atoms with Crippen LogP contribution in [0.15, 0.2) is 23.0 Å². The Morgan fingerprint density at radius 3 is 2.94 bits per heavy atom. The summed E-state index contributed by atoms with van der Waals surface area (Å²) in [6, 6.07) is 4.44. The Balaban J connectivity index is 1.44. The maximum atomic E-state index is 12.4. The van der Waals surface area contributed by atoms with Crippen molar-refractivity contribution >= 4 is 35.0 Å². The molecule has 0 aliphatic carbocycles. The summed E-state index contributed by atoms with van der Waals surface area (Å²) in [6.07, 6.45) is -2.07. The van der Waals surface area contributed by atoms with Crippen LogP contribution in [0, 0.1) is 0 Å². The Labute approximate surface area is 176 Å². The molecule has 12 heteroatoms. The number of aromatic amines is 1. The van der Waals surface area contributed by atoms with Gasteiger partial charge in [-0.2, -0.15) is 4.98 Å². The largest absolute Gasteiger partial charge is 0.482 e. The van der Waals surface area contributed by atoms with Gasteiger partial charge in [-0.25, -0.2) is 0 Å². The maximum Gasteiger partial charge on any atom is 0.277 e. The molecule has 7 N–H and O–H groups in total. The van der Waals surface area contributed by atoms with Crippen LogP contribution in [-0.4, -0.2) is 63.4 Å². The summed E-state index contributed by atoms with van der Waals surface area (Å²) in [5.41, 5.74) is 0.700. The van der Waals surface area contributed by atoms with Crippen LogP contribution in [0.3, 0.4) is 0 Å². The first-order valence-corrected chi connectivity index (χ1v) is 9.66. The van der Waals surface area contributed by atoms with Gasteiger partial charge in [0.2, 0.25) is 11.9 Å². The number of carbonyl (C=O) groups is 2. The van der Waals surface area contributed by atoms with Crippen molar-refractivity contribution in [1.82, 2.24) is 9.97 Å². The number of nitrogens with one attached hydrogen (secondary N) is 5. The van der Waals surface area contributed by atoms with Crippen molar-refractivity contribution in [3.05, 3.63) is 34.1 Å². The van der Waals surface area contributed by atoms with Crippen molar-refractivity contribution in [3.8, 4) is 5.75 Å². The van der Waals surface area contributed by atoms with E-state index in [4.69, 9.17) is 4.74 Å². The number of nitrogens with zero attached hydrogens (tertiary/aromatic N) is 1. The van der Waals surface area contributed by atoms with E-state index < -0.39 is 29.7 Å². The van der Waals surface area contributed by atoms with Crippen molar-refractivity contribution in [2.45, 2.75) is 31.6 Å². The number of hydrogen-bond acceptors (Lipinski definition) is 9. The number of fused-ring (bicyclic) bond motifs is 2. The Hall–Kier alpha value is -3.64. The molecule has 1 aromatic carbocycles. The summed E-state index contributed by atoms with van der Waals surface area (Å²) in [4.78, 5) is 42.9. The molecule has 2 aliphatic rings. The third-order valence-corrected chi connectivity index (χ3v) is 4.94. The highest BCUT2D eigenvalue weighted by atomic mass is 16.5. The van der Waals surface area contributed by atoms with Crippen molar-refractivity contribution in [2.75, 3.05) is 34.4 Å². The predicted octanol–water partition coefficient (Wildman–Crippen LogP) is -0.770. The monoisotopic (exact) mass is 430 g/mol. The number of benzene rings is 1. The van der Waals surface area contributed by atoms with Gasteiger partial charge in [-0.05, 0) is 24.6 Å². The average Bonchev–Trinajstić information content (AvgIpc) is 2.72. The van der Waals surface area contributed by atoms with E-state index in [1.165, 1.54) is 6.92 Å². The van der Waals surface area contributed by atoms with E-state index in [0.717, 1.165) is 0 Å². The average molecular weight is 430 g/mol. The van der Waals surface area contributed by atoms with Gasteiger partial charge in [-0.1, -0.05) is 6.07 Å². The molecule has 0 saturated heterocycles. The van der Waals surface area contributed by atoms with Crippen molar-refractivity contribution in [1.29, 1.82) is 0 Å². The molecule has 2 aromatic rings. The molecule has 0 bridgehead atoms. The number of ether oxygens (including phenoxy) is 1. The summed E-state index contributed by atoms with van der Waals surface area (Å²) < 4.78 is 5.29. The topological polar surface area (TPSA) is 178 Å². The number of H-pyrrole nitrogens is 1. The lowest BCUT2D eigenvalue weighted by molar-refractivity contribution is -0.118. The molecule has 31 heavy (non-hydrogen) atoms. The molecule has 2 aliphatic heterocycles. The molecule has 0 spiro atoms. The van der Waals surface area contributed by atoms with Gasteiger partial charge in [-0.15, -0.1) is 0 Å². The second-order valence-electron chi connectivity index (χ2n) is 7.39. The molecule has 4 rings (SSSR count). The third-order valence-electron chi connectivity index (χ3n) is 4.94. The first-order valence-electron chi connectivity index (χ1n) is 9.66. The highest BCUT2D eigenvalue weighted by Crippen LogP contribution is 2.28. The molecular formula is C19H22N6O6. The predicted molar refractivity (Wildman–Crippen MR) is 111 cm³/mol. The number of aromatic nitrogens is 2. The van der Waals surface area contributed by atoms with E-state index >= 15 is 0 Å². The van der Waals surface area contributed by atoms with Crippen molar-refractivity contribution in [2.24, 2.45) is 0 Å². The molecule has 12 nitrogen and oxygen atoms in total. The number of amides is 2. The smallest absolute Gasteiger partial charge is 0.277 e. The number of aliphatic hydroxyl groups is 2. The zero-order chi connectivity index (χ0) is 22.1. The first kappa shape index (κ1) is 20.6. The van der Waals surface area contributed by atoms with Gasteiger partial charge in [0, 0.05) is 6.54 Å². The fraction of sp³-hybridized carbons (Fsp3) is 0.368. The number of rotatable bonds is 5. The summed E-state index contributed by atoms with van der Waals surface area (Å²) in [7, 11) is 0. The number of aliphatic hydroxyl groups excluding tert-OH is 2. The van der Waals surface area contributed by atoms with Crippen molar-refractivity contribution in [3.63, 3.8) is 0 Å². The van der Waals surface area contributed by atoms with Crippen LogP contribution >= 0.6 is 0 Å². The lowest BCUT2D eigenvalue weighted by Gasteiger charge is -2.31. The normalized spacial score (nSPS) is 18.8. The maximum absolute atomic E-state index is 12.4. The summed E-state index contributed by atoms with van der Waals surface area (Å²) in [6.45, 7) is 1.63. The highest BCUT2D eigenvalue weighted by molar-refractivity contribution is 5.96.